The van der Waals surface area contributed by atoms with Gasteiger partial charge in [-0.1, -0.05) is 53.2 Å². The van der Waals surface area contributed by atoms with E-state index in [-0.39, 0.29) is 30.5 Å². The number of nitrogens with zero attached hydrogens (tertiary/aromatic N) is 3. The lowest BCUT2D eigenvalue weighted by Crippen LogP contribution is -2.31. The van der Waals surface area contributed by atoms with E-state index in [1.807, 2.05) is 43.3 Å². The van der Waals surface area contributed by atoms with E-state index in [0.717, 1.165) is 15.7 Å². The summed E-state index contributed by atoms with van der Waals surface area (Å²) in [6.07, 6.45) is 4.13. The zero-order valence-corrected chi connectivity index (χ0v) is 18.6. The Bertz CT molecular complexity index is 1270. The van der Waals surface area contributed by atoms with Crippen molar-refractivity contribution in [3.63, 3.8) is 0 Å². The summed E-state index contributed by atoms with van der Waals surface area (Å²) in [4.78, 5) is 37.3. The van der Waals surface area contributed by atoms with E-state index in [4.69, 9.17) is 0 Å². The molecular weight excluding hydrogens is 458 g/mol. The van der Waals surface area contributed by atoms with Crippen LogP contribution in [0.25, 0.3) is 22.2 Å². The van der Waals surface area contributed by atoms with E-state index in [0.29, 0.717) is 23.1 Å². The van der Waals surface area contributed by atoms with Crippen LogP contribution in [0.1, 0.15) is 31.6 Å². The molecular formula is C23H22BrN5O2. The maximum atomic E-state index is 12.7. The predicted octanol–water partition coefficient (Wildman–Crippen LogP) is 4.21. The summed E-state index contributed by atoms with van der Waals surface area (Å²) in [5.41, 5.74) is 2.41. The van der Waals surface area contributed by atoms with Gasteiger partial charge in [-0.05, 0) is 30.2 Å². The number of aryl methyl sites for hydroxylation is 1. The highest BCUT2D eigenvalue weighted by Gasteiger charge is 2.17. The van der Waals surface area contributed by atoms with Crippen LogP contribution in [0.15, 0.2) is 70.3 Å². The Balaban J connectivity index is 1.42. The normalized spacial score (nSPS) is 12.1. The van der Waals surface area contributed by atoms with Gasteiger partial charge in [-0.3, -0.25) is 14.2 Å². The van der Waals surface area contributed by atoms with Gasteiger partial charge >= 0.3 is 0 Å². The lowest BCUT2D eigenvalue weighted by Gasteiger charge is -2.15. The Morgan fingerprint density at radius 3 is 2.77 bits per heavy atom. The molecule has 0 radical (unpaired) electrons. The van der Waals surface area contributed by atoms with Crippen molar-refractivity contribution in [3.8, 4) is 11.3 Å². The lowest BCUT2D eigenvalue weighted by atomic mass is 10.2. The molecule has 2 aromatic heterocycles. The van der Waals surface area contributed by atoms with Gasteiger partial charge in [-0.15, -0.1) is 0 Å². The van der Waals surface area contributed by atoms with Crippen molar-refractivity contribution in [3.05, 3.63) is 81.7 Å². The van der Waals surface area contributed by atoms with Gasteiger partial charge in [-0.25, -0.2) is 9.97 Å². The first kappa shape index (κ1) is 21.0. The Hall–Kier alpha value is -3.26. The number of carbonyl (C=O) groups excluding carboxylic acids is 1. The molecule has 8 heteroatoms. The fourth-order valence-electron chi connectivity index (χ4n) is 3.42. The molecule has 1 atom stereocenters. The van der Waals surface area contributed by atoms with Gasteiger partial charge in [0.25, 0.3) is 5.56 Å². The second kappa shape index (κ2) is 9.26. The molecule has 0 fully saturated rings. The Morgan fingerprint density at radius 1 is 1.19 bits per heavy atom. The van der Waals surface area contributed by atoms with Crippen LogP contribution in [-0.2, 0) is 11.3 Å². The maximum absolute atomic E-state index is 12.7. The molecule has 2 aromatic carbocycles. The molecule has 4 aromatic rings. The molecule has 0 saturated carbocycles. The average molecular weight is 480 g/mol. The summed E-state index contributed by atoms with van der Waals surface area (Å²) in [6, 6.07) is 15.1. The maximum Gasteiger partial charge on any atom is 0.261 e. The minimum absolute atomic E-state index is 0.147. The fourth-order valence-corrected chi connectivity index (χ4v) is 3.78. The van der Waals surface area contributed by atoms with Gasteiger partial charge in [0.2, 0.25) is 5.91 Å². The molecule has 2 heterocycles. The minimum Gasteiger partial charge on any atom is -0.346 e. The van der Waals surface area contributed by atoms with Crippen molar-refractivity contribution >= 4 is 32.7 Å². The van der Waals surface area contributed by atoms with Crippen LogP contribution in [0.4, 0.5) is 0 Å². The van der Waals surface area contributed by atoms with E-state index in [2.05, 4.69) is 36.2 Å². The first-order valence-electron chi connectivity index (χ1n) is 10.1. The molecule has 1 unspecified atom stereocenters. The number of fused-ring (bicyclic) bond motifs is 1. The van der Waals surface area contributed by atoms with E-state index >= 15 is 0 Å². The molecule has 0 aliphatic carbocycles. The Kier molecular flexibility index (Phi) is 6.27. The second-order valence-electron chi connectivity index (χ2n) is 7.23. The van der Waals surface area contributed by atoms with Crippen molar-refractivity contribution in [1.29, 1.82) is 0 Å². The first-order valence-corrected chi connectivity index (χ1v) is 10.9. The van der Waals surface area contributed by atoms with Gasteiger partial charge < -0.3 is 10.3 Å². The van der Waals surface area contributed by atoms with Crippen LogP contribution < -0.4 is 10.9 Å². The number of benzene rings is 2. The largest absolute Gasteiger partial charge is 0.346 e. The number of hydrogen-bond donors (Lipinski definition) is 2. The van der Waals surface area contributed by atoms with Crippen LogP contribution >= 0.6 is 15.9 Å². The molecule has 0 bridgehead atoms. The highest BCUT2D eigenvalue weighted by atomic mass is 79.9. The number of halogens is 1. The van der Waals surface area contributed by atoms with Crippen molar-refractivity contribution in [2.45, 2.75) is 32.4 Å². The number of carbonyl (C=O) groups is 1. The number of rotatable bonds is 7. The molecule has 2 N–H and O–H groups in total. The molecule has 0 aliphatic heterocycles. The van der Waals surface area contributed by atoms with E-state index in [9.17, 15) is 9.59 Å². The van der Waals surface area contributed by atoms with E-state index < -0.39 is 0 Å². The van der Waals surface area contributed by atoms with Crippen molar-refractivity contribution in [1.82, 2.24) is 24.8 Å². The van der Waals surface area contributed by atoms with E-state index in [1.54, 1.807) is 18.3 Å². The minimum atomic E-state index is -0.229. The van der Waals surface area contributed by atoms with Gasteiger partial charge in [0.05, 0.1) is 35.2 Å². The third-order valence-corrected chi connectivity index (χ3v) is 5.61. The predicted molar refractivity (Wildman–Crippen MR) is 124 cm³/mol. The standard InChI is InChI=1S/C23H22BrN5O2/c1-2-18(22-25-13-20(28-22)15-6-4-3-5-7-15)27-21(30)10-11-29-14-26-19-9-8-16(24)12-17(19)23(29)31/h3-9,12-14,18H,2,10-11H2,1H3,(H,25,28)(H,27,30). The molecule has 0 aliphatic rings. The van der Waals surface area contributed by atoms with Crippen molar-refractivity contribution in [2.24, 2.45) is 0 Å². The van der Waals surface area contributed by atoms with Crippen LogP contribution in [-0.4, -0.2) is 25.4 Å². The molecule has 4 rings (SSSR count). The topological polar surface area (TPSA) is 92.7 Å². The third-order valence-electron chi connectivity index (χ3n) is 5.12. The first-order chi connectivity index (χ1) is 15.0. The Morgan fingerprint density at radius 2 is 2.00 bits per heavy atom. The monoisotopic (exact) mass is 479 g/mol. The van der Waals surface area contributed by atoms with Gasteiger partial charge in [-0.2, -0.15) is 0 Å². The highest BCUT2D eigenvalue weighted by Crippen LogP contribution is 2.20. The lowest BCUT2D eigenvalue weighted by molar-refractivity contribution is -0.122. The molecule has 31 heavy (non-hydrogen) atoms. The van der Waals surface area contributed by atoms with Gasteiger partial charge in [0.15, 0.2) is 0 Å². The fraction of sp³-hybridized carbons (Fsp3) is 0.217. The van der Waals surface area contributed by atoms with E-state index in [1.165, 1.54) is 10.9 Å². The number of aromatic nitrogens is 4. The van der Waals surface area contributed by atoms with Gasteiger partial charge in [0.1, 0.15) is 5.82 Å². The second-order valence-corrected chi connectivity index (χ2v) is 8.15. The summed E-state index contributed by atoms with van der Waals surface area (Å²) in [5, 5.41) is 3.53. The molecule has 1 amide bonds. The summed E-state index contributed by atoms with van der Waals surface area (Å²) < 4.78 is 2.28. The Labute approximate surface area is 187 Å². The molecule has 0 saturated heterocycles. The number of amides is 1. The number of imidazole rings is 1. The number of aromatic amines is 1. The van der Waals surface area contributed by atoms with Crippen molar-refractivity contribution < 1.29 is 4.79 Å². The third kappa shape index (κ3) is 4.74. The SMILES string of the molecule is CCC(NC(=O)CCn1cnc2ccc(Br)cc2c1=O)c1ncc(-c2ccccc2)[nH]1. The highest BCUT2D eigenvalue weighted by molar-refractivity contribution is 9.10. The molecule has 7 nitrogen and oxygen atoms in total. The zero-order chi connectivity index (χ0) is 21.8. The molecule has 158 valence electrons. The number of hydrogen-bond acceptors (Lipinski definition) is 4. The average Bonchev–Trinajstić information content (AvgIpc) is 3.28. The summed E-state index contributed by atoms with van der Waals surface area (Å²) in [6.45, 7) is 2.25. The van der Waals surface area contributed by atoms with Gasteiger partial charge in [0, 0.05) is 17.4 Å². The smallest absolute Gasteiger partial charge is 0.261 e. The van der Waals surface area contributed by atoms with Crippen LogP contribution in [0.5, 0.6) is 0 Å². The quantitative estimate of drug-likeness (QED) is 0.415. The van der Waals surface area contributed by atoms with Crippen LogP contribution in [0.2, 0.25) is 0 Å². The summed E-state index contributed by atoms with van der Waals surface area (Å²) in [7, 11) is 0. The summed E-state index contributed by atoms with van der Waals surface area (Å²) >= 11 is 3.38. The molecule has 0 spiro atoms. The number of H-pyrrole nitrogens is 1. The summed E-state index contributed by atoms with van der Waals surface area (Å²) in [5.74, 6) is 0.565. The number of nitrogens with one attached hydrogen (secondary N) is 2. The zero-order valence-electron chi connectivity index (χ0n) is 17.0. The van der Waals surface area contributed by atoms with Crippen molar-refractivity contribution in [2.75, 3.05) is 0 Å². The van der Waals surface area contributed by atoms with Crippen LogP contribution in [0, 0.1) is 0 Å². The van der Waals surface area contributed by atoms with Crippen LogP contribution in [0.3, 0.4) is 0 Å².